The molecule has 1 aromatic rings. The molecule has 0 atom stereocenters. The van der Waals surface area contributed by atoms with Gasteiger partial charge in [-0.25, -0.2) is 0 Å². The standard InChI is InChI=1S/C16H16N2O4/c19-13-3-1-9-17(13)15(21)11-5-7-12(8-6-11)16(22)18-10-2-4-14(18)20/h5-8H,1-4,9-10H2. The molecule has 0 aliphatic carbocycles. The van der Waals surface area contributed by atoms with Crippen LogP contribution >= 0.6 is 0 Å². The lowest BCUT2D eigenvalue weighted by Crippen LogP contribution is -2.32. The molecule has 2 aliphatic rings. The first-order valence-electron chi connectivity index (χ1n) is 7.37. The summed E-state index contributed by atoms with van der Waals surface area (Å²) in [5.74, 6) is -0.988. The predicted octanol–water partition coefficient (Wildman–Crippen LogP) is 1.21. The van der Waals surface area contributed by atoms with Crippen LogP contribution < -0.4 is 0 Å². The molecule has 1 aromatic carbocycles. The van der Waals surface area contributed by atoms with Crippen molar-refractivity contribution in [2.45, 2.75) is 25.7 Å². The van der Waals surface area contributed by atoms with Crippen molar-refractivity contribution in [2.75, 3.05) is 13.1 Å². The smallest absolute Gasteiger partial charge is 0.260 e. The maximum absolute atomic E-state index is 12.2. The van der Waals surface area contributed by atoms with E-state index in [1.807, 2.05) is 0 Å². The molecule has 0 radical (unpaired) electrons. The molecule has 0 unspecified atom stereocenters. The van der Waals surface area contributed by atoms with E-state index in [4.69, 9.17) is 0 Å². The van der Waals surface area contributed by atoms with E-state index in [0.717, 1.165) is 0 Å². The van der Waals surface area contributed by atoms with E-state index in [0.29, 0.717) is 49.9 Å². The largest absolute Gasteiger partial charge is 0.279 e. The van der Waals surface area contributed by atoms with Gasteiger partial charge >= 0.3 is 0 Å². The molecule has 2 fully saturated rings. The van der Waals surface area contributed by atoms with Crippen LogP contribution in [-0.4, -0.2) is 46.5 Å². The number of rotatable bonds is 2. The molecular formula is C16H16N2O4. The molecular weight excluding hydrogens is 284 g/mol. The maximum atomic E-state index is 12.2. The number of carbonyl (C=O) groups excluding carboxylic acids is 4. The van der Waals surface area contributed by atoms with Crippen molar-refractivity contribution in [2.24, 2.45) is 0 Å². The minimum Gasteiger partial charge on any atom is -0.279 e. The van der Waals surface area contributed by atoms with Gasteiger partial charge < -0.3 is 0 Å². The molecule has 4 amide bonds. The van der Waals surface area contributed by atoms with Crippen LogP contribution in [0.3, 0.4) is 0 Å². The Balaban J connectivity index is 1.75. The van der Waals surface area contributed by atoms with Crippen LogP contribution in [0.4, 0.5) is 0 Å². The number of hydrogen-bond donors (Lipinski definition) is 0. The molecule has 0 bridgehead atoms. The molecule has 0 aromatic heterocycles. The fourth-order valence-electron chi connectivity index (χ4n) is 2.79. The number of nitrogens with zero attached hydrogens (tertiary/aromatic N) is 2. The van der Waals surface area contributed by atoms with Crippen molar-refractivity contribution < 1.29 is 19.2 Å². The first-order chi connectivity index (χ1) is 10.6. The third kappa shape index (κ3) is 2.52. The van der Waals surface area contributed by atoms with E-state index in [9.17, 15) is 19.2 Å². The summed E-state index contributed by atoms with van der Waals surface area (Å²) in [5.41, 5.74) is 0.749. The average Bonchev–Trinajstić information content (AvgIpc) is 3.14. The topological polar surface area (TPSA) is 74.8 Å². The molecule has 6 heteroatoms. The Morgan fingerprint density at radius 2 is 1.09 bits per heavy atom. The van der Waals surface area contributed by atoms with Gasteiger partial charge in [0.2, 0.25) is 11.8 Å². The molecule has 0 saturated carbocycles. The normalized spacial score (nSPS) is 18.2. The summed E-state index contributed by atoms with van der Waals surface area (Å²) >= 11 is 0. The van der Waals surface area contributed by atoms with Crippen LogP contribution in [0.25, 0.3) is 0 Å². The number of amides is 4. The van der Waals surface area contributed by atoms with Gasteiger partial charge in [-0.05, 0) is 37.1 Å². The highest BCUT2D eigenvalue weighted by atomic mass is 16.2. The molecule has 22 heavy (non-hydrogen) atoms. The van der Waals surface area contributed by atoms with E-state index in [2.05, 4.69) is 0 Å². The fraction of sp³-hybridized carbons (Fsp3) is 0.375. The second-order valence-corrected chi connectivity index (χ2v) is 5.49. The van der Waals surface area contributed by atoms with Crippen LogP contribution in [0, 0.1) is 0 Å². The summed E-state index contributed by atoms with van der Waals surface area (Å²) in [5, 5.41) is 0. The lowest BCUT2D eigenvalue weighted by Gasteiger charge is -2.15. The first kappa shape index (κ1) is 14.4. The van der Waals surface area contributed by atoms with Gasteiger partial charge in [0.1, 0.15) is 0 Å². The number of likely N-dealkylation sites (tertiary alicyclic amines) is 2. The lowest BCUT2D eigenvalue weighted by molar-refractivity contribution is -0.126. The Kier molecular flexibility index (Phi) is 3.75. The van der Waals surface area contributed by atoms with Gasteiger partial charge in [-0.15, -0.1) is 0 Å². The Morgan fingerprint density at radius 3 is 1.36 bits per heavy atom. The van der Waals surface area contributed by atoms with Crippen LogP contribution in [0.5, 0.6) is 0 Å². The quantitative estimate of drug-likeness (QED) is 0.769. The van der Waals surface area contributed by atoms with Crippen molar-refractivity contribution >= 4 is 23.6 Å². The molecule has 0 spiro atoms. The SMILES string of the molecule is O=C1CCCN1C(=O)c1ccc(C(=O)N2CCCC2=O)cc1. The summed E-state index contributed by atoms with van der Waals surface area (Å²) in [7, 11) is 0. The zero-order chi connectivity index (χ0) is 15.7. The van der Waals surface area contributed by atoms with Crippen molar-refractivity contribution in [1.82, 2.24) is 9.80 Å². The Labute approximate surface area is 127 Å². The van der Waals surface area contributed by atoms with Gasteiger partial charge in [-0.3, -0.25) is 29.0 Å². The van der Waals surface area contributed by atoms with Gasteiger partial charge in [0.25, 0.3) is 11.8 Å². The number of hydrogen-bond acceptors (Lipinski definition) is 4. The highest BCUT2D eigenvalue weighted by Crippen LogP contribution is 2.17. The van der Waals surface area contributed by atoms with Gasteiger partial charge in [-0.2, -0.15) is 0 Å². The zero-order valence-electron chi connectivity index (χ0n) is 12.1. The average molecular weight is 300 g/mol. The van der Waals surface area contributed by atoms with Crippen molar-refractivity contribution in [3.05, 3.63) is 35.4 Å². The molecule has 2 saturated heterocycles. The van der Waals surface area contributed by atoms with Crippen LogP contribution in [0.15, 0.2) is 24.3 Å². The Hall–Kier alpha value is -2.50. The highest BCUT2D eigenvalue weighted by molar-refractivity contribution is 6.08. The van der Waals surface area contributed by atoms with Gasteiger partial charge in [0.05, 0.1) is 0 Å². The van der Waals surface area contributed by atoms with E-state index in [-0.39, 0.29) is 23.6 Å². The minimum atomic E-state index is -0.334. The number of benzene rings is 1. The van der Waals surface area contributed by atoms with Gasteiger partial charge in [-0.1, -0.05) is 0 Å². The summed E-state index contributed by atoms with van der Waals surface area (Å²) in [6.45, 7) is 0.890. The lowest BCUT2D eigenvalue weighted by atomic mass is 10.1. The molecule has 3 rings (SSSR count). The molecule has 0 N–H and O–H groups in total. The van der Waals surface area contributed by atoms with E-state index in [1.165, 1.54) is 34.1 Å². The summed E-state index contributed by atoms with van der Waals surface area (Å²) in [4.78, 5) is 50.0. The summed E-state index contributed by atoms with van der Waals surface area (Å²) in [6.07, 6.45) is 2.19. The summed E-state index contributed by atoms with van der Waals surface area (Å²) < 4.78 is 0. The van der Waals surface area contributed by atoms with Gasteiger partial charge in [0.15, 0.2) is 0 Å². The Morgan fingerprint density at radius 1 is 0.727 bits per heavy atom. The van der Waals surface area contributed by atoms with Gasteiger partial charge in [0, 0.05) is 37.1 Å². The van der Waals surface area contributed by atoms with E-state index in [1.54, 1.807) is 0 Å². The number of carbonyl (C=O) groups is 4. The van der Waals surface area contributed by atoms with Crippen molar-refractivity contribution in [1.29, 1.82) is 0 Å². The van der Waals surface area contributed by atoms with Crippen LogP contribution in [-0.2, 0) is 9.59 Å². The summed E-state index contributed by atoms with van der Waals surface area (Å²) in [6, 6.07) is 6.12. The van der Waals surface area contributed by atoms with E-state index >= 15 is 0 Å². The maximum Gasteiger partial charge on any atom is 0.260 e. The monoisotopic (exact) mass is 300 g/mol. The second-order valence-electron chi connectivity index (χ2n) is 5.49. The van der Waals surface area contributed by atoms with Crippen molar-refractivity contribution in [3.63, 3.8) is 0 Å². The minimum absolute atomic E-state index is 0.159. The molecule has 6 nitrogen and oxygen atoms in total. The fourth-order valence-corrected chi connectivity index (χ4v) is 2.79. The molecule has 2 aliphatic heterocycles. The second kappa shape index (κ2) is 5.71. The van der Waals surface area contributed by atoms with Crippen molar-refractivity contribution in [3.8, 4) is 0 Å². The zero-order valence-corrected chi connectivity index (χ0v) is 12.1. The number of imide groups is 2. The predicted molar refractivity (Wildman–Crippen MR) is 77.0 cm³/mol. The van der Waals surface area contributed by atoms with Crippen LogP contribution in [0.1, 0.15) is 46.4 Å². The molecule has 114 valence electrons. The first-order valence-corrected chi connectivity index (χ1v) is 7.37. The molecule has 2 heterocycles. The Bertz CT molecular complexity index is 594. The van der Waals surface area contributed by atoms with Crippen LogP contribution in [0.2, 0.25) is 0 Å². The third-order valence-electron chi connectivity index (χ3n) is 4.02. The highest BCUT2D eigenvalue weighted by Gasteiger charge is 2.29. The third-order valence-corrected chi connectivity index (χ3v) is 4.02. The van der Waals surface area contributed by atoms with E-state index < -0.39 is 0 Å².